The van der Waals surface area contributed by atoms with Gasteiger partial charge in [-0.2, -0.15) is 0 Å². The summed E-state index contributed by atoms with van der Waals surface area (Å²) in [6, 6.07) is 5.14. The molecule has 6 nitrogen and oxygen atoms in total. The number of methoxy groups -OCH3 is 1. The fourth-order valence-corrected chi connectivity index (χ4v) is 3.63. The maximum atomic E-state index is 12.7. The lowest BCUT2D eigenvalue weighted by Gasteiger charge is -2.22. The molecule has 2 unspecified atom stereocenters. The maximum Gasteiger partial charge on any atom is 0.228 e. The molecule has 2 N–H and O–H groups in total. The van der Waals surface area contributed by atoms with Gasteiger partial charge in [0.25, 0.3) is 0 Å². The minimum atomic E-state index is -0.322. The number of halogens is 1. The molecule has 0 spiro atoms. The number of nitrogens with two attached hydrogens (primary N) is 1. The summed E-state index contributed by atoms with van der Waals surface area (Å²) in [6.07, 6.45) is 1.16. The summed E-state index contributed by atoms with van der Waals surface area (Å²) in [4.78, 5) is 28.6. The second-order valence-electron chi connectivity index (χ2n) is 6.40. The van der Waals surface area contributed by atoms with Crippen molar-refractivity contribution in [2.75, 3.05) is 38.2 Å². The highest BCUT2D eigenvalue weighted by Crippen LogP contribution is 2.36. The normalized spacial score (nSPS) is 23.9. The standard InChI is InChI=1S/C17H22ClN3O3/c1-24-15-3-2-13(18)7-14(15)21-10-12(6-16(21)22)17(23)20-5-4-11(8-19)9-20/h2-3,7,11-12H,4-6,8-10,19H2,1H3. The van der Waals surface area contributed by atoms with Crippen LogP contribution in [-0.4, -0.2) is 50.0 Å². The summed E-state index contributed by atoms with van der Waals surface area (Å²) >= 11 is 6.05. The quantitative estimate of drug-likeness (QED) is 0.892. The Labute approximate surface area is 146 Å². The van der Waals surface area contributed by atoms with Gasteiger partial charge >= 0.3 is 0 Å². The number of hydrogen-bond acceptors (Lipinski definition) is 4. The first-order chi connectivity index (χ1) is 11.5. The lowest BCUT2D eigenvalue weighted by atomic mass is 10.1. The van der Waals surface area contributed by atoms with Crippen LogP contribution in [0.25, 0.3) is 0 Å². The summed E-state index contributed by atoms with van der Waals surface area (Å²) in [7, 11) is 1.55. The molecule has 0 aromatic heterocycles. The van der Waals surface area contributed by atoms with Crippen molar-refractivity contribution in [1.82, 2.24) is 4.90 Å². The van der Waals surface area contributed by atoms with E-state index in [0.29, 0.717) is 42.0 Å². The molecule has 2 fully saturated rings. The number of rotatable bonds is 4. The summed E-state index contributed by atoms with van der Waals surface area (Å²) in [5, 5.41) is 0.527. The Morgan fingerprint density at radius 1 is 1.42 bits per heavy atom. The third kappa shape index (κ3) is 3.21. The van der Waals surface area contributed by atoms with E-state index >= 15 is 0 Å². The van der Waals surface area contributed by atoms with Crippen LogP contribution >= 0.6 is 11.6 Å². The zero-order chi connectivity index (χ0) is 17.3. The number of carbonyl (C=O) groups excluding carboxylic acids is 2. The Hall–Kier alpha value is -1.79. The molecule has 0 radical (unpaired) electrons. The third-order valence-electron chi connectivity index (χ3n) is 4.84. The Kier molecular flexibility index (Phi) is 4.96. The van der Waals surface area contributed by atoms with Crippen molar-refractivity contribution < 1.29 is 14.3 Å². The summed E-state index contributed by atoms with van der Waals surface area (Å²) < 4.78 is 5.32. The zero-order valence-corrected chi connectivity index (χ0v) is 14.5. The van der Waals surface area contributed by atoms with Crippen LogP contribution < -0.4 is 15.4 Å². The monoisotopic (exact) mass is 351 g/mol. The molecule has 0 aliphatic carbocycles. The molecule has 2 atom stereocenters. The Bertz CT molecular complexity index is 652. The topological polar surface area (TPSA) is 75.9 Å². The van der Waals surface area contributed by atoms with E-state index in [-0.39, 0.29) is 24.2 Å². The molecule has 2 aliphatic heterocycles. The van der Waals surface area contributed by atoms with Crippen LogP contribution in [-0.2, 0) is 9.59 Å². The van der Waals surface area contributed by atoms with Gasteiger partial charge in [0.2, 0.25) is 11.8 Å². The van der Waals surface area contributed by atoms with Gasteiger partial charge in [-0.1, -0.05) is 11.6 Å². The van der Waals surface area contributed by atoms with E-state index in [4.69, 9.17) is 22.1 Å². The van der Waals surface area contributed by atoms with Crippen LogP contribution in [0.1, 0.15) is 12.8 Å². The van der Waals surface area contributed by atoms with Crippen molar-refractivity contribution >= 4 is 29.1 Å². The van der Waals surface area contributed by atoms with Gasteiger partial charge in [-0.05, 0) is 37.1 Å². The number of ether oxygens (including phenoxy) is 1. The second-order valence-corrected chi connectivity index (χ2v) is 6.83. The van der Waals surface area contributed by atoms with E-state index in [1.807, 2.05) is 4.90 Å². The van der Waals surface area contributed by atoms with Crippen LogP contribution in [0.15, 0.2) is 18.2 Å². The van der Waals surface area contributed by atoms with Gasteiger partial charge in [-0.15, -0.1) is 0 Å². The van der Waals surface area contributed by atoms with Gasteiger partial charge in [0, 0.05) is 31.1 Å². The molecule has 130 valence electrons. The number of anilines is 1. The highest BCUT2D eigenvalue weighted by atomic mass is 35.5. The molecule has 2 heterocycles. The van der Waals surface area contributed by atoms with Gasteiger partial charge in [0.1, 0.15) is 5.75 Å². The SMILES string of the molecule is COc1ccc(Cl)cc1N1CC(C(=O)N2CCC(CN)C2)CC1=O. The smallest absolute Gasteiger partial charge is 0.228 e. The average Bonchev–Trinajstić information content (AvgIpc) is 3.20. The molecule has 0 bridgehead atoms. The first-order valence-electron chi connectivity index (χ1n) is 8.16. The van der Waals surface area contributed by atoms with E-state index in [1.165, 1.54) is 0 Å². The van der Waals surface area contributed by atoms with E-state index in [2.05, 4.69) is 0 Å². The third-order valence-corrected chi connectivity index (χ3v) is 5.07. The van der Waals surface area contributed by atoms with E-state index < -0.39 is 0 Å². The van der Waals surface area contributed by atoms with Crippen molar-refractivity contribution in [1.29, 1.82) is 0 Å². The van der Waals surface area contributed by atoms with E-state index in [0.717, 1.165) is 13.0 Å². The van der Waals surface area contributed by atoms with Crippen molar-refractivity contribution in [3.05, 3.63) is 23.2 Å². The molecule has 2 amide bonds. The molecule has 2 saturated heterocycles. The molecule has 7 heteroatoms. The summed E-state index contributed by atoms with van der Waals surface area (Å²) in [5.41, 5.74) is 6.31. The number of carbonyl (C=O) groups is 2. The fraction of sp³-hybridized carbons (Fsp3) is 0.529. The molecule has 1 aromatic rings. The first-order valence-corrected chi connectivity index (χ1v) is 8.54. The average molecular weight is 352 g/mol. The van der Waals surface area contributed by atoms with Crippen molar-refractivity contribution in [3.63, 3.8) is 0 Å². The van der Waals surface area contributed by atoms with Crippen LogP contribution in [0.3, 0.4) is 0 Å². The number of likely N-dealkylation sites (tertiary alicyclic amines) is 1. The van der Waals surface area contributed by atoms with Gasteiger partial charge in [0.05, 0.1) is 18.7 Å². The number of nitrogens with zero attached hydrogens (tertiary/aromatic N) is 2. The molecule has 0 saturated carbocycles. The van der Waals surface area contributed by atoms with Crippen molar-refractivity contribution in [3.8, 4) is 5.75 Å². The van der Waals surface area contributed by atoms with Gasteiger partial charge in [-0.25, -0.2) is 0 Å². The number of benzene rings is 1. The fourth-order valence-electron chi connectivity index (χ4n) is 3.46. The maximum absolute atomic E-state index is 12.7. The number of hydrogen-bond donors (Lipinski definition) is 1. The van der Waals surface area contributed by atoms with Crippen LogP contribution in [0.2, 0.25) is 5.02 Å². The zero-order valence-electron chi connectivity index (χ0n) is 13.7. The Morgan fingerprint density at radius 2 is 2.21 bits per heavy atom. The van der Waals surface area contributed by atoms with Crippen LogP contribution in [0, 0.1) is 11.8 Å². The van der Waals surface area contributed by atoms with Crippen molar-refractivity contribution in [2.45, 2.75) is 12.8 Å². The van der Waals surface area contributed by atoms with E-state index in [9.17, 15) is 9.59 Å². The lowest BCUT2D eigenvalue weighted by molar-refractivity contribution is -0.134. The molecule has 24 heavy (non-hydrogen) atoms. The molecular formula is C17H22ClN3O3. The predicted octanol–water partition coefficient (Wildman–Crippen LogP) is 1.51. The highest BCUT2D eigenvalue weighted by Gasteiger charge is 2.39. The Balaban J connectivity index is 1.74. The first kappa shape index (κ1) is 17.0. The molecule has 2 aliphatic rings. The van der Waals surface area contributed by atoms with Crippen molar-refractivity contribution in [2.24, 2.45) is 17.6 Å². The number of amides is 2. The van der Waals surface area contributed by atoms with Gasteiger partial charge in [0.15, 0.2) is 0 Å². The largest absolute Gasteiger partial charge is 0.495 e. The van der Waals surface area contributed by atoms with Crippen LogP contribution in [0.4, 0.5) is 5.69 Å². The molecule has 1 aromatic carbocycles. The molecule has 3 rings (SSSR count). The Morgan fingerprint density at radius 3 is 2.88 bits per heavy atom. The van der Waals surface area contributed by atoms with E-state index in [1.54, 1.807) is 30.2 Å². The summed E-state index contributed by atoms with van der Waals surface area (Å²) in [6.45, 7) is 2.38. The predicted molar refractivity (Wildman–Crippen MR) is 92.2 cm³/mol. The lowest BCUT2D eigenvalue weighted by Crippen LogP contribution is -2.36. The van der Waals surface area contributed by atoms with Gasteiger partial charge < -0.3 is 20.3 Å². The molecular weight excluding hydrogens is 330 g/mol. The minimum Gasteiger partial charge on any atom is -0.495 e. The minimum absolute atomic E-state index is 0.0443. The summed E-state index contributed by atoms with van der Waals surface area (Å²) in [5.74, 6) is 0.587. The highest BCUT2D eigenvalue weighted by molar-refractivity contribution is 6.31. The second kappa shape index (κ2) is 6.99. The van der Waals surface area contributed by atoms with Gasteiger partial charge in [-0.3, -0.25) is 9.59 Å². The van der Waals surface area contributed by atoms with Crippen LogP contribution in [0.5, 0.6) is 5.75 Å².